The molecule has 0 radical (unpaired) electrons. The Morgan fingerprint density at radius 1 is 1.12 bits per heavy atom. The molecule has 0 amide bonds. The van der Waals surface area contributed by atoms with Crippen LogP contribution in [-0.2, 0) is 26.5 Å². The number of ketones is 1. The van der Waals surface area contributed by atoms with Crippen LogP contribution in [0.15, 0.2) is 47.4 Å². The lowest BCUT2D eigenvalue weighted by Crippen LogP contribution is -2.46. The van der Waals surface area contributed by atoms with E-state index in [1.807, 2.05) is 6.07 Å². The number of carbonyl (C=O) groups is 1. The standard InChI is InChI=1S/C26H31NO4S/c1-2-5-22-21-6-3-4-7-23(21)26(25(22)28)11-13-27(14-12-26)15-16-31-20-8-9-24-19(18-20)10-17-32(24,29)30/h3-4,6-9,18,22H,2,5,10-17H2,1H3. The van der Waals surface area contributed by atoms with E-state index in [0.29, 0.717) is 23.7 Å². The first kappa shape index (κ1) is 21.7. The zero-order chi connectivity index (χ0) is 22.3. The first-order valence-electron chi connectivity index (χ1n) is 11.8. The molecule has 6 heteroatoms. The van der Waals surface area contributed by atoms with Gasteiger partial charge >= 0.3 is 0 Å². The molecule has 0 N–H and O–H groups in total. The molecule has 0 aromatic heterocycles. The number of ether oxygens (including phenoxy) is 1. The summed E-state index contributed by atoms with van der Waals surface area (Å²) in [5.41, 5.74) is 3.09. The van der Waals surface area contributed by atoms with Crippen LogP contribution in [0.1, 0.15) is 55.2 Å². The second-order valence-electron chi connectivity index (χ2n) is 9.40. The second kappa shape index (κ2) is 8.31. The summed E-state index contributed by atoms with van der Waals surface area (Å²) in [5, 5.41) is 0. The van der Waals surface area contributed by atoms with Crippen molar-refractivity contribution in [2.75, 3.05) is 32.0 Å². The molecule has 2 aromatic carbocycles. The Morgan fingerprint density at radius 2 is 1.91 bits per heavy atom. The van der Waals surface area contributed by atoms with E-state index in [-0.39, 0.29) is 17.1 Å². The fourth-order valence-electron chi connectivity index (χ4n) is 5.88. The highest BCUT2D eigenvalue weighted by Crippen LogP contribution is 2.50. The third-order valence-corrected chi connectivity index (χ3v) is 9.42. The van der Waals surface area contributed by atoms with Crippen molar-refractivity contribution < 1.29 is 17.9 Å². The molecule has 32 heavy (non-hydrogen) atoms. The highest BCUT2D eigenvalue weighted by atomic mass is 32.2. The minimum Gasteiger partial charge on any atom is -0.492 e. The van der Waals surface area contributed by atoms with Crippen LogP contribution in [0.3, 0.4) is 0 Å². The van der Waals surface area contributed by atoms with E-state index in [2.05, 4.69) is 36.1 Å². The van der Waals surface area contributed by atoms with Crippen molar-refractivity contribution in [2.24, 2.45) is 0 Å². The molecule has 1 fully saturated rings. The maximum Gasteiger partial charge on any atom is 0.178 e. The number of sulfone groups is 1. The second-order valence-corrected chi connectivity index (χ2v) is 11.5. The summed E-state index contributed by atoms with van der Waals surface area (Å²) in [5.74, 6) is 1.43. The molecule has 5 nitrogen and oxygen atoms in total. The Hall–Kier alpha value is -2.18. The van der Waals surface area contributed by atoms with Crippen LogP contribution in [0.2, 0.25) is 0 Å². The quantitative estimate of drug-likeness (QED) is 0.664. The Labute approximate surface area is 190 Å². The summed E-state index contributed by atoms with van der Waals surface area (Å²) >= 11 is 0. The molecule has 2 aromatic rings. The molecular formula is C26H31NO4S. The van der Waals surface area contributed by atoms with Gasteiger partial charge in [0.25, 0.3) is 0 Å². The Bertz CT molecular complexity index is 1130. The average molecular weight is 454 g/mol. The summed E-state index contributed by atoms with van der Waals surface area (Å²) in [6.07, 6.45) is 4.28. The van der Waals surface area contributed by atoms with Crippen molar-refractivity contribution in [3.63, 3.8) is 0 Å². The van der Waals surface area contributed by atoms with Gasteiger partial charge in [0.2, 0.25) is 0 Å². The summed E-state index contributed by atoms with van der Waals surface area (Å²) in [6.45, 7) is 5.31. The summed E-state index contributed by atoms with van der Waals surface area (Å²) in [6, 6.07) is 13.8. The lowest BCUT2D eigenvalue weighted by Gasteiger charge is -2.39. The van der Waals surface area contributed by atoms with Crippen LogP contribution in [0.5, 0.6) is 5.75 Å². The fourth-order valence-corrected chi connectivity index (χ4v) is 7.43. The van der Waals surface area contributed by atoms with E-state index in [0.717, 1.165) is 56.6 Å². The molecule has 170 valence electrons. The van der Waals surface area contributed by atoms with Crippen molar-refractivity contribution in [1.82, 2.24) is 4.90 Å². The van der Waals surface area contributed by atoms with Crippen LogP contribution in [0.4, 0.5) is 0 Å². The number of likely N-dealkylation sites (tertiary alicyclic amines) is 1. The summed E-state index contributed by atoms with van der Waals surface area (Å²) in [7, 11) is -3.10. The molecule has 1 unspecified atom stereocenters. The number of nitrogens with zero attached hydrogens (tertiary/aromatic N) is 1. The van der Waals surface area contributed by atoms with Gasteiger partial charge in [0.05, 0.1) is 16.1 Å². The van der Waals surface area contributed by atoms with Gasteiger partial charge in [-0.25, -0.2) is 8.42 Å². The van der Waals surface area contributed by atoms with E-state index in [9.17, 15) is 13.2 Å². The van der Waals surface area contributed by atoms with Gasteiger partial charge in [0.1, 0.15) is 12.4 Å². The van der Waals surface area contributed by atoms with E-state index in [1.54, 1.807) is 12.1 Å². The average Bonchev–Trinajstić information content (AvgIpc) is 3.22. The smallest absolute Gasteiger partial charge is 0.178 e. The number of benzene rings is 2. The van der Waals surface area contributed by atoms with Crippen LogP contribution in [0, 0.1) is 0 Å². The lowest BCUT2D eigenvalue weighted by molar-refractivity contribution is -0.126. The lowest BCUT2D eigenvalue weighted by atomic mass is 9.72. The molecule has 0 saturated carbocycles. The van der Waals surface area contributed by atoms with Crippen LogP contribution < -0.4 is 4.74 Å². The molecule has 3 aliphatic rings. The zero-order valence-electron chi connectivity index (χ0n) is 18.7. The van der Waals surface area contributed by atoms with Gasteiger partial charge in [-0.2, -0.15) is 0 Å². The van der Waals surface area contributed by atoms with Crippen molar-refractivity contribution in [2.45, 2.75) is 55.3 Å². The third-order valence-electron chi connectivity index (χ3n) is 7.61. The molecule has 1 saturated heterocycles. The third kappa shape index (κ3) is 3.57. The van der Waals surface area contributed by atoms with Gasteiger partial charge in [-0.3, -0.25) is 9.69 Å². The molecule has 1 atom stereocenters. The maximum absolute atomic E-state index is 13.5. The number of rotatable bonds is 6. The van der Waals surface area contributed by atoms with E-state index in [4.69, 9.17) is 4.74 Å². The van der Waals surface area contributed by atoms with Gasteiger partial charge in [-0.05, 0) is 73.7 Å². The Balaban J connectivity index is 1.20. The summed E-state index contributed by atoms with van der Waals surface area (Å²) in [4.78, 5) is 16.3. The van der Waals surface area contributed by atoms with Crippen LogP contribution in [0.25, 0.3) is 0 Å². The fraction of sp³-hybridized carbons (Fsp3) is 0.500. The van der Waals surface area contributed by atoms with Crippen LogP contribution >= 0.6 is 0 Å². The minimum absolute atomic E-state index is 0.0645. The van der Waals surface area contributed by atoms with Crippen molar-refractivity contribution in [3.8, 4) is 5.75 Å². The van der Waals surface area contributed by atoms with Crippen LogP contribution in [-0.4, -0.2) is 51.1 Å². The largest absolute Gasteiger partial charge is 0.492 e. The predicted molar refractivity (Wildman–Crippen MR) is 124 cm³/mol. The first-order chi connectivity index (χ1) is 15.4. The Kier molecular flexibility index (Phi) is 5.62. The normalized spacial score (nSPS) is 23.3. The number of piperidine rings is 1. The topological polar surface area (TPSA) is 63.7 Å². The predicted octanol–water partition coefficient (Wildman–Crippen LogP) is 3.90. The van der Waals surface area contributed by atoms with E-state index >= 15 is 0 Å². The molecule has 1 spiro atoms. The SMILES string of the molecule is CCCC1C(=O)C2(CCN(CCOc3ccc4c(c3)CCS4(=O)=O)CC2)c2ccccc21. The number of aryl methyl sites for hydroxylation is 1. The molecule has 2 aliphatic heterocycles. The maximum atomic E-state index is 13.5. The van der Waals surface area contributed by atoms with Gasteiger partial charge in [0, 0.05) is 12.5 Å². The van der Waals surface area contributed by atoms with Gasteiger partial charge in [0.15, 0.2) is 15.6 Å². The summed E-state index contributed by atoms with van der Waals surface area (Å²) < 4.78 is 29.9. The van der Waals surface area contributed by atoms with Crippen molar-refractivity contribution in [1.29, 1.82) is 0 Å². The van der Waals surface area contributed by atoms with Crippen molar-refractivity contribution >= 4 is 15.6 Å². The highest BCUT2D eigenvalue weighted by molar-refractivity contribution is 7.91. The zero-order valence-corrected chi connectivity index (χ0v) is 19.5. The molecule has 0 bridgehead atoms. The number of Topliss-reactive ketones (excluding diaryl/α,β-unsaturated/α-hetero) is 1. The van der Waals surface area contributed by atoms with Crippen molar-refractivity contribution in [3.05, 3.63) is 59.2 Å². The molecular weight excluding hydrogens is 422 g/mol. The van der Waals surface area contributed by atoms with E-state index in [1.165, 1.54) is 11.1 Å². The van der Waals surface area contributed by atoms with Gasteiger partial charge in [-0.1, -0.05) is 37.6 Å². The number of hydrogen-bond donors (Lipinski definition) is 0. The molecule has 1 aliphatic carbocycles. The van der Waals surface area contributed by atoms with Gasteiger partial charge in [-0.15, -0.1) is 0 Å². The number of hydrogen-bond acceptors (Lipinski definition) is 5. The molecule has 2 heterocycles. The Morgan fingerprint density at radius 3 is 2.69 bits per heavy atom. The van der Waals surface area contributed by atoms with E-state index < -0.39 is 9.84 Å². The number of carbonyl (C=O) groups excluding carboxylic acids is 1. The minimum atomic E-state index is -3.10. The highest BCUT2D eigenvalue weighted by Gasteiger charge is 2.51. The number of fused-ring (bicyclic) bond motifs is 3. The monoisotopic (exact) mass is 453 g/mol. The first-order valence-corrected chi connectivity index (χ1v) is 13.4. The van der Waals surface area contributed by atoms with Gasteiger partial charge < -0.3 is 4.74 Å². The molecule has 5 rings (SSSR count).